The summed E-state index contributed by atoms with van der Waals surface area (Å²) in [7, 11) is 0. The molecule has 0 aliphatic rings. The van der Waals surface area contributed by atoms with E-state index in [9.17, 15) is 4.79 Å². The van der Waals surface area contributed by atoms with Gasteiger partial charge in [-0.05, 0) is 32.3 Å². The van der Waals surface area contributed by atoms with Gasteiger partial charge in [0, 0.05) is 12.2 Å². The van der Waals surface area contributed by atoms with Gasteiger partial charge >= 0.3 is 0 Å². The molecule has 1 N–H and O–H groups in total. The summed E-state index contributed by atoms with van der Waals surface area (Å²) in [4.78, 5) is 20.0. The number of nitrogens with one attached hydrogen (secondary N) is 1. The van der Waals surface area contributed by atoms with Gasteiger partial charge in [0.1, 0.15) is 11.5 Å². The van der Waals surface area contributed by atoms with Crippen molar-refractivity contribution in [1.82, 2.24) is 15.3 Å². The maximum absolute atomic E-state index is 11.7. The quantitative estimate of drug-likeness (QED) is 0.844. The first-order valence-electron chi connectivity index (χ1n) is 5.59. The number of aromatic nitrogens is 2. The van der Waals surface area contributed by atoms with E-state index in [1.807, 2.05) is 6.92 Å². The third kappa shape index (κ3) is 3.96. The van der Waals surface area contributed by atoms with Crippen LogP contribution in [0.3, 0.4) is 0 Å². The molecule has 0 bridgehead atoms. The molecule has 0 atom stereocenters. The number of amides is 1. The van der Waals surface area contributed by atoms with Gasteiger partial charge in [0.25, 0.3) is 5.91 Å². The van der Waals surface area contributed by atoms with Crippen LogP contribution in [0.1, 0.15) is 42.3 Å². The van der Waals surface area contributed by atoms with Crippen LogP contribution in [0.25, 0.3) is 0 Å². The van der Waals surface area contributed by atoms with Crippen molar-refractivity contribution >= 4 is 5.91 Å². The van der Waals surface area contributed by atoms with Gasteiger partial charge in [0.2, 0.25) is 0 Å². The molecule has 0 aliphatic carbocycles. The van der Waals surface area contributed by atoms with Gasteiger partial charge in [-0.2, -0.15) is 0 Å². The molecule has 0 unspecified atom stereocenters. The third-order valence-electron chi connectivity index (χ3n) is 2.21. The summed E-state index contributed by atoms with van der Waals surface area (Å²) in [6.45, 7) is 8.60. The topological polar surface area (TPSA) is 54.9 Å². The number of hydrogen-bond donors (Lipinski definition) is 1. The number of rotatable bonds is 4. The Labute approximate surface area is 96.5 Å². The van der Waals surface area contributed by atoms with Crippen LogP contribution in [0.15, 0.2) is 6.07 Å². The average molecular weight is 221 g/mol. The molecule has 0 saturated carbocycles. The lowest BCUT2D eigenvalue weighted by Crippen LogP contribution is -2.26. The molecule has 1 aromatic heterocycles. The normalized spacial score (nSPS) is 10.6. The van der Waals surface area contributed by atoms with Crippen molar-refractivity contribution in [3.05, 3.63) is 23.3 Å². The Morgan fingerprint density at radius 3 is 2.62 bits per heavy atom. The molecule has 0 aliphatic heterocycles. The molecule has 0 fully saturated rings. The first kappa shape index (κ1) is 12.6. The minimum atomic E-state index is -0.116. The molecule has 0 radical (unpaired) electrons. The van der Waals surface area contributed by atoms with Crippen molar-refractivity contribution in [1.29, 1.82) is 0 Å². The molecule has 1 amide bonds. The molecule has 88 valence electrons. The largest absolute Gasteiger partial charge is 0.351 e. The van der Waals surface area contributed by atoms with Gasteiger partial charge < -0.3 is 5.32 Å². The van der Waals surface area contributed by atoms with E-state index in [-0.39, 0.29) is 5.91 Å². The monoisotopic (exact) mass is 221 g/mol. The Bertz CT molecular complexity index is 354. The van der Waals surface area contributed by atoms with Crippen LogP contribution in [-0.4, -0.2) is 22.4 Å². The smallest absolute Gasteiger partial charge is 0.270 e. The van der Waals surface area contributed by atoms with Crippen molar-refractivity contribution in [2.24, 2.45) is 5.92 Å². The standard InChI is InChI=1S/C12H19N3O/c1-8(2)5-6-13-12(16)11-7-9(3)14-10(4)15-11/h7-8H,5-6H2,1-4H3,(H,13,16). The molecule has 4 nitrogen and oxygen atoms in total. The molecule has 4 heteroatoms. The molecule has 1 aromatic rings. The maximum atomic E-state index is 11.7. The second kappa shape index (κ2) is 5.58. The molecule has 1 rings (SSSR count). The highest BCUT2D eigenvalue weighted by Gasteiger charge is 2.08. The SMILES string of the molecule is Cc1cc(C(=O)NCCC(C)C)nc(C)n1. The van der Waals surface area contributed by atoms with E-state index in [0.717, 1.165) is 12.1 Å². The Balaban J connectivity index is 2.59. The predicted octanol–water partition coefficient (Wildman–Crippen LogP) is 1.87. The van der Waals surface area contributed by atoms with Gasteiger partial charge in [-0.15, -0.1) is 0 Å². The zero-order chi connectivity index (χ0) is 12.1. The van der Waals surface area contributed by atoms with E-state index in [2.05, 4.69) is 29.1 Å². The van der Waals surface area contributed by atoms with Gasteiger partial charge in [0.15, 0.2) is 0 Å². The highest BCUT2D eigenvalue weighted by atomic mass is 16.1. The first-order chi connectivity index (χ1) is 7.49. The van der Waals surface area contributed by atoms with Crippen molar-refractivity contribution in [2.45, 2.75) is 34.1 Å². The van der Waals surface area contributed by atoms with Gasteiger partial charge in [-0.1, -0.05) is 13.8 Å². The molecule has 16 heavy (non-hydrogen) atoms. The predicted molar refractivity (Wildman–Crippen MR) is 63.3 cm³/mol. The van der Waals surface area contributed by atoms with Crippen molar-refractivity contribution in [3.8, 4) is 0 Å². The summed E-state index contributed by atoms with van der Waals surface area (Å²) in [6, 6.07) is 1.71. The molecule has 0 aromatic carbocycles. The number of aryl methyl sites for hydroxylation is 2. The number of hydrogen-bond acceptors (Lipinski definition) is 3. The zero-order valence-corrected chi connectivity index (χ0v) is 10.4. The molecule has 0 saturated heterocycles. The van der Waals surface area contributed by atoms with Crippen LogP contribution in [-0.2, 0) is 0 Å². The summed E-state index contributed by atoms with van der Waals surface area (Å²) >= 11 is 0. The second-order valence-corrected chi connectivity index (χ2v) is 4.38. The van der Waals surface area contributed by atoms with Crippen molar-refractivity contribution in [2.75, 3.05) is 6.54 Å². The van der Waals surface area contributed by atoms with Crippen LogP contribution in [0, 0.1) is 19.8 Å². The Hall–Kier alpha value is -1.45. The van der Waals surface area contributed by atoms with Gasteiger partial charge in [-0.3, -0.25) is 4.79 Å². The van der Waals surface area contributed by atoms with Crippen LogP contribution in [0.4, 0.5) is 0 Å². The fourth-order valence-corrected chi connectivity index (χ4v) is 1.40. The summed E-state index contributed by atoms with van der Waals surface area (Å²) in [5.41, 5.74) is 1.27. The number of carbonyl (C=O) groups excluding carboxylic acids is 1. The number of nitrogens with zero attached hydrogens (tertiary/aromatic N) is 2. The van der Waals surface area contributed by atoms with Crippen LogP contribution >= 0.6 is 0 Å². The fraction of sp³-hybridized carbons (Fsp3) is 0.583. The summed E-state index contributed by atoms with van der Waals surface area (Å²) in [6.07, 6.45) is 0.981. The van der Waals surface area contributed by atoms with Crippen molar-refractivity contribution in [3.63, 3.8) is 0 Å². The van der Waals surface area contributed by atoms with E-state index < -0.39 is 0 Å². The summed E-state index contributed by atoms with van der Waals surface area (Å²) < 4.78 is 0. The molecule has 1 heterocycles. The van der Waals surface area contributed by atoms with E-state index in [1.54, 1.807) is 13.0 Å². The van der Waals surface area contributed by atoms with E-state index in [1.165, 1.54) is 0 Å². The van der Waals surface area contributed by atoms with E-state index >= 15 is 0 Å². The van der Waals surface area contributed by atoms with E-state index in [0.29, 0.717) is 24.0 Å². The van der Waals surface area contributed by atoms with Crippen LogP contribution in [0.2, 0.25) is 0 Å². The Morgan fingerprint density at radius 1 is 1.38 bits per heavy atom. The highest BCUT2D eigenvalue weighted by molar-refractivity contribution is 5.92. The second-order valence-electron chi connectivity index (χ2n) is 4.38. The minimum absolute atomic E-state index is 0.116. The lowest BCUT2D eigenvalue weighted by molar-refractivity contribution is 0.0946. The summed E-state index contributed by atoms with van der Waals surface area (Å²) in [5, 5.41) is 2.86. The average Bonchev–Trinajstić information content (AvgIpc) is 2.15. The van der Waals surface area contributed by atoms with E-state index in [4.69, 9.17) is 0 Å². The zero-order valence-electron chi connectivity index (χ0n) is 10.4. The van der Waals surface area contributed by atoms with Crippen LogP contribution < -0.4 is 5.32 Å². The maximum Gasteiger partial charge on any atom is 0.270 e. The summed E-state index contributed by atoms with van der Waals surface area (Å²) in [5.74, 6) is 1.11. The van der Waals surface area contributed by atoms with Crippen molar-refractivity contribution < 1.29 is 4.79 Å². The van der Waals surface area contributed by atoms with Gasteiger partial charge in [-0.25, -0.2) is 9.97 Å². The minimum Gasteiger partial charge on any atom is -0.351 e. The lowest BCUT2D eigenvalue weighted by atomic mass is 10.1. The lowest BCUT2D eigenvalue weighted by Gasteiger charge is -2.07. The highest BCUT2D eigenvalue weighted by Crippen LogP contribution is 2.01. The molecular formula is C12H19N3O. The Kier molecular flexibility index (Phi) is 4.40. The van der Waals surface area contributed by atoms with Gasteiger partial charge in [0.05, 0.1) is 0 Å². The first-order valence-corrected chi connectivity index (χ1v) is 5.59. The fourth-order valence-electron chi connectivity index (χ4n) is 1.40. The molecular weight excluding hydrogens is 202 g/mol. The third-order valence-corrected chi connectivity index (χ3v) is 2.21. The Morgan fingerprint density at radius 2 is 2.06 bits per heavy atom. The number of carbonyl (C=O) groups is 1. The van der Waals surface area contributed by atoms with Crippen LogP contribution in [0.5, 0.6) is 0 Å². The molecule has 0 spiro atoms.